The monoisotopic (exact) mass is 431 g/mol. The molecule has 0 saturated heterocycles. The van der Waals surface area contributed by atoms with Crippen molar-refractivity contribution in [3.8, 4) is 5.75 Å². The minimum Gasteiger partial charge on any atom is -0.497 e. The van der Waals surface area contributed by atoms with Gasteiger partial charge in [0, 0.05) is 0 Å². The van der Waals surface area contributed by atoms with Gasteiger partial charge in [-0.15, -0.1) is 16.4 Å². The number of amides is 1. The van der Waals surface area contributed by atoms with Crippen molar-refractivity contribution >= 4 is 29.1 Å². The SMILES string of the molecule is COc1ccc([C@@H]2C[C@@H](c3ccccc3)n3nc(NC(=O)c4cccs4)nc3N2)cc1. The molecule has 0 radical (unpaired) electrons. The number of anilines is 2. The van der Waals surface area contributed by atoms with E-state index < -0.39 is 0 Å². The van der Waals surface area contributed by atoms with Gasteiger partial charge in [0.15, 0.2) is 0 Å². The second kappa shape index (κ2) is 8.23. The Morgan fingerprint density at radius 2 is 1.90 bits per heavy atom. The number of thiophene rings is 1. The lowest BCUT2D eigenvalue weighted by Crippen LogP contribution is -2.28. The number of nitrogens with zero attached hydrogens (tertiary/aromatic N) is 3. The van der Waals surface area contributed by atoms with Crippen LogP contribution in [-0.4, -0.2) is 27.8 Å². The van der Waals surface area contributed by atoms with E-state index in [-0.39, 0.29) is 23.9 Å². The molecule has 8 heteroatoms. The van der Waals surface area contributed by atoms with Crippen molar-refractivity contribution in [1.29, 1.82) is 0 Å². The Kier molecular flexibility index (Phi) is 5.13. The molecule has 0 saturated carbocycles. The lowest BCUT2D eigenvalue weighted by atomic mass is 9.93. The summed E-state index contributed by atoms with van der Waals surface area (Å²) in [4.78, 5) is 17.7. The summed E-state index contributed by atoms with van der Waals surface area (Å²) in [6, 6.07) is 21.9. The van der Waals surface area contributed by atoms with Gasteiger partial charge in [0.1, 0.15) is 5.75 Å². The number of carbonyl (C=O) groups excluding carboxylic acids is 1. The lowest BCUT2D eigenvalue weighted by Gasteiger charge is -2.31. The first kappa shape index (κ1) is 19.3. The summed E-state index contributed by atoms with van der Waals surface area (Å²) in [5, 5.41) is 12.8. The molecular formula is C23H21N5O2S. The van der Waals surface area contributed by atoms with Crippen LogP contribution in [0.1, 0.15) is 39.3 Å². The van der Waals surface area contributed by atoms with E-state index in [0.29, 0.717) is 10.8 Å². The second-order valence-electron chi connectivity index (χ2n) is 7.27. The molecule has 3 heterocycles. The van der Waals surface area contributed by atoms with E-state index in [1.807, 2.05) is 46.5 Å². The van der Waals surface area contributed by atoms with Gasteiger partial charge in [0.05, 0.1) is 24.1 Å². The maximum Gasteiger partial charge on any atom is 0.268 e. The Bertz CT molecular complexity index is 1170. The first-order chi connectivity index (χ1) is 15.2. The standard InChI is InChI=1S/C23H21N5O2S/c1-30-17-11-9-15(10-12-17)18-14-19(16-6-3-2-4-7-16)28-23(24-18)26-22(27-28)25-21(29)20-8-5-13-31-20/h2-13,18-19H,14H2,1H3,(H2,24,25,26,27,29)/t18-,19-/m0/s1. The summed E-state index contributed by atoms with van der Waals surface area (Å²) in [7, 11) is 1.66. The third kappa shape index (κ3) is 3.89. The predicted octanol–water partition coefficient (Wildman–Crippen LogP) is 4.75. The molecule has 31 heavy (non-hydrogen) atoms. The van der Waals surface area contributed by atoms with E-state index in [1.54, 1.807) is 13.2 Å². The molecule has 0 aliphatic carbocycles. The van der Waals surface area contributed by atoms with E-state index in [4.69, 9.17) is 4.74 Å². The highest BCUT2D eigenvalue weighted by molar-refractivity contribution is 7.12. The number of nitrogens with one attached hydrogen (secondary N) is 2. The van der Waals surface area contributed by atoms with Crippen LogP contribution >= 0.6 is 11.3 Å². The summed E-state index contributed by atoms with van der Waals surface area (Å²) in [6.45, 7) is 0. The number of methoxy groups -OCH3 is 1. The van der Waals surface area contributed by atoms with Gasteiger partial charge in [-0.3, -0.25) is 10.1 Å². The van der Waals surface area contributed by atoms with Gasteiger partial charge in [-0.25, -0.2) is 4.68 Å². The van der Waals surface area contributed by atoms with Crippen molar-refractivity contribution in [3.63, 3.8) is 0 Å². The molecule has 2 N–H and O–H groups in total. The fourth-order valence-corrected chi connectivity index (χ4v) is 4.43. The highest BCUT2D eigenvalue weighted by Gasteiger charge is 2.31. The van der Waals surface area contributed by atoms with Crippen molar-refractivity contribution in [1.82, 2.24) is 14.8 Å². The number of benzene rings is 2. The van der Waals surface area contributed by atoms with E-state index in [9.17, 15) is 4.79 Å². The van der Waals surface area contributed by atoms with Crippen LogP contribution in [0.15, 0.2) is 72.1 Å². The highest BCUT2D eigenvalue weighted by atomic mass is 32.1. The number of aromatic nitrogens is 3. The van der Waals surface area contributed by atoms with Crippen LogP contribution < -0.4 is 15.4 Å². The molecule has 0 spiro atoms. The molecule has 1 amide bonds. The molecule has 2 atom stereocenters. The topological polar surface area (TPSA) is 81.1 Å². The number of rotatable bonds is 5. The predicted molar refractivity (Wildman–Crippen MR) is 121 cm³/mol. The molecule has 2 aromatic heterocycles. The lowest BCUT2D eigenvalue weighted by molar-refractivity contribution is 0.102. The fourth-order valence-electron chi connectivity index (χ4n) is 3.81. The number of hydrogen-bond donors (Lipinski definition) is 2. The van der Waals surface area contributed by atoms with Gasteiger partial charge in [-0.1, -0.05) is 48.5 Å². The zero-order chi connectivity index (χ0) is 21.2. The molecule has 7 nitrogen and oxygen atoms in total. The molecular weight excluding hydrogens is 410 g/mol. The van der Waals surface area contributed by atoms with Crippen molar-refractivity contribution < 1.29 is 9.53 Å². The van der Waals surface area contributed by atoms with Gasteiger partial charge in [-0.2, -0.15) is 4.98 Å². The second-order valence-corrected chi connectivity index (χ2v) is 8.21. The summed E-state index contributed by atoms with van der Waals surface area (Å²) < 4.78 is 7.15. The Morgan fingerprint density at radius 1 is 1.10 bits per heavy atom. The largest absolute Gasteiger partial charge is 0.497 e. The number of hydrogen-bond acceptors (Lipinski definition) is 6. The number of carbonyl (C=O) groups is 1. The molecule has 1 aliphatic heterocycles. The Balaban J connectivity index is 1.48. The Hall–Kier alpha value is -3.65. The summed E-state index contributed by atoms with van der Waals surface area (Å²) in [5.41, 5.74) is 2.28. The minimum atomic E-state index is -0.207. The van der Waals surface area contributed by atoms with Crippen molar-refractivity contribution in [2.24, 2.45) is 0 Å². The summed E-state index contributed by atoms with van der Waals surface area (Å²) >= 11 is 1.38. The molecule has 1 aliphatic rings. The maximum atomic E-state index is 12.5. The summed E-state index contributed by atoms with van der Waals surface area (Å²) in [6.07, 6.45) is 0.797. The van der Waals surface area contributed by atoms with Crippen LogP contribution in [0.5, 0.6) is 5.75 Å². The van der Waals surface area contributed by atoms with Crippen LogP contribution in [0.4, 0.5) is 11.9 Å². The van der Waals surface area contributed by atoms with E-state index in [1.165, 1.54) is 11.3 Å². The maximum absolute atomic E-state index is 12.5. The van der Waals surface area contributed by atoms with Gasteiger partial charge >= 0.3 is 0 Å². The third-order valence-corrected chi connectivity index (χ3v) is 6.23. The van der Waals surface area contributed by atoms with Gasteiger partial charge in [0.2, 0.25) is 5.95 Å². The normalized spacial score (nSPS) is 17.5. The molecule has 156 valence electrons. The van der Waals surface area contributed by atoms with E-state index >= 15 is 0 Å². The number of fused-ring (bicyclic) bond motifs is 1. The molecule has 4 aromatic rings. The molecule has 0 bridgehead atoms. The van der Waals surface area contributed by atoms with Crippen LogP contribution in [0, 0.1) is 0 Å². The molecule has 5 rings (SSSR count). The number of ether oxygens (including phenoxy) is 1. The zero-order valence-electron chi connectivity index (χ0n) is 16.9. The van der Waals surface area contributed by atoms with Crippen LogP contribution in [0.25, 0.3) is 0 Å². The van der Waals surface area contributed by atoms with Crippen LogP contribution in [0.2, 0.25) is 0 Å². The molecule has 0 fully saturated rings. The average molecular weight is 432 g/mol. The van der Waals surface area contributed by atoms with E-state index in [0.717, 1.165) is 23.3 Å². The van der Waals surface area contributed by atoms with Crippen molar-refractivity contribution in [2.75, 3.05) is 17.7 Å². The van der Waals surface area contributed by atoms with Gasteiger partial charge < -0.3 is 10.1 Å². The quantitative estimate of drug-likeness (QED) is 0.477. The third-order valence-electron chi connectivity index (χ3n) is 5.36. The average Bonchev–Trinajstić information content (AvgIpc) is 3.49. The summed E-state index contributed by atoms with van der Waals surface area (Å²) in [5.74, 6) is 1.53. The van der Waals surface area contributed by atoms with Crippen LogP contribution in [0.3, 0.4) is 0 Å². The van der Waals surface area contributed by atoms with Crippen molar-refractivity contribution in [2.45, 2.75) is 18.5 Å². The first-order valence-electron chi connectivity index (χ1n) is 9.98. The fraction of sp³-hybridized carbons (Fsp3) is 0.174. The van der Waals surface area contributed by atoms with Gasteiger partial charge in [0.25, 0.3) is 11.9 Å². The Labute approximate surface area is 183 Å². The first-order valence-corrected chi connectivity index (χ1v) is 10.9. The Morgan fingerprint density at radius 3 is 2.61 bits per heavy atom. The molecule has 0 unspecified atom stereocenters. The highest BCUT2D eigenvalue weighted by Crippen LogP contribution is 2.38. The minimum absolute atomic E-state index is 0.00978. The smallest absolute Gasteiger partial charge is 0.268 e. The molecule has 2 aromatic carbocycles. The van der Waals surface area contributed by atoms with E-state index in [2.05, 4.69) is 45.0 Å². The zero-order valence-corrected chi connectivity index (χ0v) is 17.7. The van der Waals surface area contributed by atoms with Crippen LogP contribution in [-0.2, 0) is 0 Å². The van der Waals surface area contributed by atoms with Crippen molar-refractivity contribution in [3.05, 3.63) is 88.1 Å². The van der Waals surface area contributed by atoms with Gasteiger partial charge in [-0.05, 0) is 41.1 Å².